The van der Waals surface area contributed by atoms with Gasteiger partial charge in [0.2, 0.25) is 0 Å². The molecule has 0 radical (unpaired) electrons. The molecule has 0 saturated heterocycles. The van der Waals surface area contributed by atoms with E-state index < -0.39 is 9.28 Å². The molecule has 1 atom stereocenters. The van der Waals surface area contributed by atoms with Gasteiger partial charge in [-0.25, -0.2) is 0 Å². The molecule has 0 fully saturated rings. The van der Waals surface area contributed by atoms with Crippen LogP contribution >= 0.6 is 0 Å². The maximum Gasteiger partial charge on any atom is 0.323 e. The van der Waals surface area contributed by atoms with Crippen molar-refractivity contribution in [3.05, 3.63) is 0 Å². The van der Waals surface area contributed by atoms with Crippen molar-refractivity contribution in [2.45, 2.75) is 25.8 Å². The van der Waals surface area contributed by atoms with Crippen LogP contribution in [0.4, 0.5) is 0 Å². The second-order valence-corrected chi connectivity index (χ2v) is 5.59. The molecule has 0 aromatic heterocycles. The molecule has 0 aliphatic rings. The van der Waals surface area contributed by atoms with E-state index in [1.165, 1.54) is 0 Å². The van der Waals surface area contributed by atoms with Gasteiger partial charge in [0.25, 0.3) is 0 Å². The second-order valence-electron chi connectivity index (χ2n) is 2.77. The fourth-order valence-electron chi connectivity index (χ4n) is 1.10. The first kappa shape index (κ1) is 11.8. The molecule has 0 N–H and O–H groups in total. The molecule has 1 unspecified atom stereocenters. The Labute approximate surface area is 76.6 Å². The van der Waals surface area contributed by atoms with Crippen LogP contribution < -0.4 is 0 Å². The summed E-state index contributed by atoms with van der Waals surface area (Å²) in [4.78, 5) is 4.15. The van der Waals surface area contributed by atoms with Gasteiger partial charge < -0.3 is 8.85 Å². The van der Waals surface area contributed by atoms with E-state index >= 15 is 0 Å². The highest BCUT2D eigenvalue weighted by Gasteiger charge is 2.18. The van der Waals surface area contributed by atoms with E-state index in [0.29, 0.717) is 5.54 Å². The molecule has 0 saturated carbocycles. The van der Waals surface area contributed by atoms with Gasteiger partial charge in [0.05, 0.1) is 0 Å². The lowest BCUT2D eigenvalue weighted by Gasteiger charge is -2.17. The van der Waals surface area contributed by atoms with E-state index in [2.05, 4.69) is 11.9 Å². The molecule has 0 heterocycles. The van der Waals surface area contributed by atoms with Crippen molar-refractivity contribution >= 4 is 15.5 Å². The molecular weight excluding hydrogens is 170 g/mol. The summed E-state index contributed by atoms with van der Waals surface area (Å²) in [6, 6.07) is 0. The van der Waals surface area contributed by atoms with E-state index in [4.69, 9.17) is 8.85 Å². The van der Waals surface area contributed by atoms with Crippen molar-refractivity contribution < 1.29 is 8.85 Å². The van der Waals surface area contributed by atoms with Gasteiger partial charge in [-0.1, -0.05) is 6.92 Å². The SMILES string of the molecule is CC=NCCC(C)[SiH](OC)OC. The Balaban J connectivity index is 3.60. The van der Waals surface area contributed by atoms with Crippen LogP contribution in [0.1, 0.15) is 20.3 Å². The Morgan fingerprint density at radius 1 is 1.42 bits per heavy atom. The first-order valence-electron chi connectivity index (χ1n) is 4.26. The highest BCUT2D eigenvalue weighted by atomic mass is 28.3. The lowest BCUT2D eigenvalue weighted by molar-refractivity contribution is 0.265. The van der Waals surface area contributed by atoms with Gasteiger partial charge in [-0.05, 0) is 25.1 Å². The number of rotatable bonds is 6. The third-order valence-corrected chi connectivity index (χ3v) is 4.02. The first-order chi connectivity index (χ1) is 5.76. The van der Waals surface area contributed by atoms with Gasteiger partial charge in [-0.2, -0.15) is 0 Å². The van der Waals surface area contributed by atoms with Crippen molar-refractivity contribution in [1.82, 2.24) is 0 Å². The normalized spacial score (nSPS) is 14.4. The second kappa shape index (κ2) is 7.46. The summed E-state index contributed by atoms with van der Waals surface area (Å²) in [6.07, 6.45) is 2.89. The van der Waals surface area contributed by atoms with Crippen LogP contribution in [0, 0.1) is 0 Å². The summed E-state index contributed by atoms with van der Waals surface area (Å²) in [5.41, 5.74) is 0.531. The summed E-state index contributed by atoms with van der Waals surface area (Å²) in [6.45, 7) is 4.98. The Hall–Kier alpha value is -0.193. The fraction of sp³-hybridized carbons (Fsp3) is 0.875. The largest absolute Gasteiger partial charge is 0.400 e. The zero-order valence-electron chi connectivity index (χ0n) is 8.41. The molecular formula is C8H19NO2Si. The highest BCUT2D eigenvalue weighted by Crippen LogP contribution is 2.14. The molecule has 72 valence electrons. The van der Waals surface area contributed by atoms with Crippen molar-refractivity contribution in [1.29, 1.82) is 0 Å². The first-order valence-corrected chi connectivity index (χ1v) is 5.87. The van der Waals surface area contributed by atoms with Gasteiger partial charge in [-0.3, -0.25) is 4.99 Å². The summed E-state index contributed by atoms with van der Waals surface area (Å²) < 4.78 is 10.5. The van der Waals surface area contributed by atoms with Crippen LogP contribution in [0.2, 0.25) is 5.54 Å². The minimum absolute atomic E-state index is 0.531. The Morgan fingerprint density at radius 2 is 2.00 bits per heavy atom. The van der Waals surface area contributed by atoms with E-state index in [9.17, 15) is 0 Å². The van der Waals surface area contributed by atoms with Crippen LogP contribution in [0.25, 0.3) is 0 Å². The van der Waals surface area contributed by atoms with Gasteiger partial charge in [-0.15, -0.1) is 0 Å². The molecule has 0 aliphatic carbocycles. The van der Waals surface area contributed by atoms with Gasteiger partial charge in [0.15, 0.2) is 0 Å². The molecule has 0 aromatic rings. The monoisotopic (exact) mass is 189 g/mol. The molecule has 12 heavy (non-hydrogen) atoms. The summed E-state index contributed by atoms with van der Waals surface area (Å²) in [5, 5.41) is 0. The zero-order valence-corrected chi connectivity index (χ0v) is 9.56. The Morgan fingerprint density at radius 3 is 2.42 bits per heavy atom. The average molecular weight is 189 g/mol. The summed E-state index contributed by atoms with van der Waals surface area (Å²) in [7, 11) is 2.04. The van der Waals surface area contributed by atoms with E-state index in [0.717, 1.165) is 13.0 Å². The van der Waals surface area contributed by atoms with Crippen LogP contribution in [0.15, 0.2) is 4.99 Å². The summed E-state index contributed by atoms with van der Waals surface area (Å²) in [5.74, 6) is 0. The molecule has 0 rings (SSSR count). The van der Waals surface area contributed by atoms with Crippen molar-refractivity contribution in [3.63, 3.8) is 0 Å². The summed E-state index contributed by atoms with van der Waals surface area (Å²) >= 11 is 0. The highest BCUT2D eigenvalue weighted by molar-refractivity contribution is 6.46. The van der Waals surface area contributed by atoms with Crippen molar-refractivity contribution in [2.75, 3.05) is 20.8 Å². The standard InChI is InChI=1S/C8H19NO2Si/c1-5-9-7-6-8(2)12(10-3)11-4/h5,8,12H,6-7H2,1-4H3. The molecule has 0 bridgehead atoms. The van der Waals surface area contributed by atoms with E-state index in [-0.39, 0.29) is 0 Å². The molecule has 0 spiro atoms. The Bertz CT molecular complexity index is 126. The quantitative estimate of drug-likeness (QED) is 0.467. The predicted molar refractivity (Wildman–Crippen MR) is 54.2 cm³/mol. The number of aliphatic imine (C=N–C) groups is 1. The lowest BCUT2D eigenvalue weighted by atomic mass is 10.3. The van der Waals surface area contributed by atoms with Crippen LogP contribution in [-0.2, 0) is 8.85 Å². The molecule has 3 nitrogen and oxygen atoms in total. The zero-order chi connectivity index (χ0) is 9.40. The van der Waals surface area contributed by atoms with E-state index in [1.807, 2.05) is 13.1 Å². The molecule has 0 amide bonds. The minimum Gasteiger partial charge on any atom is -0.400 e. The van der Waals surface area contributed by atoms with Gasteiger partial charge in [0.1, 0.15) is 0 Å². The molecule has 0 aromatic carbocycles. The maximum absolute atomic E-state index is 5.26. The number of nitrogens with zero attached hydrogens (tertiary/aromatic N) is 1. The van der Waals surface area contributed by atoms with Gasteiger partial charge >= 0.3 is 9.28 Å². The third-order valence-electron chi connectivity index (χ3n) is 1.83. The smallest absolute Gasteiger partial charge is 0.323 e. The number of hydrogen-bond acceptors (Lipinski definition) is 3. The van der Waals surface area contributed by atoms with Crippen molar-refractivity contribution in [3.8, 4) is 0 Å². The van der Waals surface area contributed by atoms with E-state index in [1.54, 1.807) is 14.2 Å². The molecule has 0 aliphatic heterocycles. The van der Waals surface area contributed by atoms with Crippen LogP contribution in [-0.4, -0.2) is 36.3 Å². The van der Waals surface area contributed by atoms with Crippen LogP contribution in [0.5, 0.6) is 0 Å². The topological polar surface area (TPSA) is 30.8 Å². The third kappa shape index (κ3) is 4.64. The number of hydrogen-bond donors (Lipinski definition) is 0. The minimum atomic E-state index is -1.40. The fourth-order valence-corrected chi connectivity index (χ4v) is 2.65. The molecule has 4 heteroatoms. The average Bonchev–Trinajstić information content (AvgIpc) is 2.07. The van der Waals surface area contributed by atoms with Gasteiger partial charge in [0, 0.05) is 20.8 Å². The predicted octanol–water partition coefficient (Wildman–Crippen LogP) is 1.37. The van der Waals surface area contributed by atoms with Crippen LogP contribution in [0.3, 0.4) is 0 Å². The Kier molecular flexibility index (Phi) is 7.34. The van der Waals surface area contributed by atoms with Crippen molar-refractivity contribution in [2.24, 2.45) is 4.99 Å². The maximum atomic E-state index is 5.26. The lowest BCUT2D eigenvalue weighted by Crippen LogP contribution is -2.24.